The van der Waals surface area contributed by atoms with Crippen LogP contribution in [0.25, 0.3) is 11.3 Å². The predicted molar refractivity (Wildman–Crippen MR) is 98.6 cm³/mol. The number of benzene rings is 1. The van der Waals surface area contributed by atoms with Gasteiger partial charge in [0.1, 0.15) is 22.8 Å². The molecule has 6 nitrogen and oxygen atoms in total. The average molecular weight is 373 g/mol. The molecule has 1 N–H and O–H groups in total. The number of aromatic nitrogens is 1. The molecule has 1 aromatic heterocycles. The second-order valence-corrected chi connectivity index (χ2v) is 6.85. The summed E-state index contributed by atoms with van der Waals surface area (Å²) in [4.78, 5) is 27.1. The SMILES string of the molecule is CCCNC(=O)[C@H]1CCCN(C(=O)c2c(-c3ccc(F)cc3)noc2C)C1. The van der Waals surface area contributed by atoms with Crippen LogP contribution in [0.1, 0.15) is 42.3 Å². The smallest absolute Gasteiger partial charge is 0.259 e. The van der Waals surface area contributed by atoms with E-state index < -0.39 is 0 Å². The van der Waals surface area contributed by atoms with Gasteiger partial charge in [0.15, 0.2) is 0 Å². The molecule has 1 saturated heterocycles. The van der Waals surface area contributed by atoms with Crippen LogP contribution >= 0.6 is 0 Å². The number of nitrogens with one attached hydrogen (secondary N) is 1. The first-order chi connectivity index (χ1) is 13.0. The van der Waals surface area contributed by atoms with Gasteiger partial charge in [-0.25, -0.2) is 4.39 Å². The minimum absolute atomic E-state index is 0.00449. The topological polar surface area (TPSA) is 75.4 Å². The Bertz CT molecular complexity index is 816. The van der Waals surface area contributed by atoms with Gasteiger partial charge in [-0.3, -0.25) is 9.59 Å². The Labute approximate surface area is 157 Å². The summed E-state index contributed by atoms with van der Waals surface area (Å²) < 4.78 is 18.5. The number of hydrogen-bond acceptors (Lipinski definition) is 4. The summed E-state index contributed by atoms with van der Waals surface area (Å²) in [6, 6.07) is 5.78. The fourth-order valence-corrected chi connectivity index (χ4v) is 3.36. The Morgan fingerprint density at radius 1 is 1.33 bits per heavy atom. The van der Waals surface area contributed by atoms with Gasteiger partial charge in [0.05, 0.1) is 5.92 Å². The number of hydrogen-bond donors (Lipinski definition) is 1. The van der Waals surface area contributed by atoms with E-state index in [1.165, 1.54) is 12.1 Å². The predicted octanol–water partition coefficient (Wildman–Crippen LogP) is 3.17. The summed E-state index contributed by atoms with van der Waals surface area (Å²) >= 11 is 0. The van der Waals surface area contributed by atoms with Gasteiger partial charge >= 0.3 is 0 Å². The van der Waals surface area contributed by atoms with E-state index in [1.54, 1.807) is 24.0 Å². The van der Waals surface area contributed by atoms with Crippen molar-refractivity contribution < 1.29 is 18.5 Å². The molecule has 0 spiro atoms. The third kappa shape index (κ3) is 4.18. The molecular weight excluding hydrogens is 349 g/mol. The number of likely N-dealkylation sites (tertiary alicyclic amines) is 1. The molecule has 1 atom stereocenters. The number of nitrogens with zero attached hydrogens (tertiary/aromatic N) is 2. The first-order valence-electron chi connectivity index (χ1n) is 9.30. The zero-order valence-electron chi connectivity index (χ0n) is 15.6. The molecule has 0 radical (unpaired) electrons. The highest BCUT2D eigenvalue weighted by Crippen LogP contribution is 2.28. The van der Waals surface area contributed by atoms with Gasteiger partial charge in [0.2, 0.25) is 5.91 Å². The fraction of sp³-hybridized carbons (Fsp3) is 0.450. The maximum absolute atomic E-state index is 13.2. The molecule has 0 bridgehead atoms. The van der Waals surface area contributed by atoms with Crippen molar-refractivity contribution in [3.05, 3.63) is 41.4 Å². The van der Waals surface area contributed by atoms with Gasteiger partial charge in [-0.05, 0) is 50.5 Å². The molecule has 2 aromatic rings. The molecule has 27 heavy (non-hydrogen) atoms. The Morgan fingerprint density at radius 3 is 2.78 bits per heavy atom. The van der Waals surface area contributed by atoms with Crippen LogP contribution in [0.15, 0.2) is 28.8 Å². The zero-order chi connectivity index (χ0) is 19.4. The van der Waals surface area contributed by atoms with Crippen molar-refractivity contribution in [2.24, 2.45) is 5.92 Å². The van der Waals surface area contributed by atoms with Crippen LogP contribution in [0, 0.1) is 18.7 Å². The van der Waals surface area contributed by atoms with Gasteiger partial charge in [-0.1, -0.05) is 12.1 Å². The van der Waals surface area contributed by atoms with E-state index in [2.05, 4.69) is 10.5 Å². The molecule has 2 heterocycles. The van der Waals surface area contributed by atoms with Gasteiger partial charge in [0.25, 0.3) is 5.91 Å². The van der Waals surface area contributed by atoms with Crippen molar-refractivity contribution in [1.82, 2.24) is 15.4 Å². The number of carbonyl (C=O) groups is 2. The number of carbonyl (C=O) groups excluding carboxylic acids is 2. The highest BCUT2D eigenvalue weighted by atomic mass is 19.1. The molecule has 1 aliphatic heterocycles. The van der Waals surface area contributed by atoms with Gasteiger partial charge in [-0.15, -0.1) is 0 Å². The lowest BCUT2D eigenvalue weighted by Gasteiger charge is -2.32. The minimum atomic E-state index is -0.358. The van der Waals surface area contributed by atoms with Gasteiger partial charge in [0, 0.05) is 25.2 Å². The molecule has 0 aliphatic carbocycles. The highest BCUT2D eigenvalue weighted by Gasteiger charge is 2.32. The van der Waals surface area contributed by atoms with E-state index >= 15 is 0 Å². The maximum atomic E-state index is 13.2. The molecule has 3 rings (SSSR count). The van der Waals surface area contributed by atoms with Crippen molar-refractivity contribution in [2.75, 3.05) is 19.6 Å². The quantitative estimate of drug-likeness (QED) is 0.873. The second kappa shape index (κ2) is 8.33. The molecule has 0 saturated carbocycles. The van der Waals surface area contributed by atoms with Gasteiger partial charge < -0.3 is 14.7 Å². The first-order valence-corrected chi connectivity index (χ1v) is 9.30. The Morgan fingerprint density at radius 2 is 2.07 bits per heavy atom. The molecule has 1 aliphatic rings. The van der Waals surface area contributed by atoms with Crippen LogP contribution < -0.4 is 5.32 Å². The van der Waals surface area contributed by atoms with Crippen LogP contribution in [-0.2, 0) is 4.79 Å². The number of halogens is 1. The van der Waals surface area contributed by atoms with E-state index in [0.717, 1.165) is 19.3 Å². The van der Waals surface area contributed by atoms with E-state index in [-0.39, 0.29) is 23.5 Å². The van der Waals surface area contributed by atoms with Crippen LogP contribution in [0.2, 0.25) is 0 Å². The number of piperidine rings is 1. The van der Waals surface area contributed by atoms with Crippen LogP contribution in [0.4, 0.5) is 4.39 Å². The average Bonchev–Trinajstić information content (AvgIpc) is 3.07. The fourth-order valence-electron chi connectivity index (χ4n) is 3.36. The van der Waals surface area contributed by atoms with Gasteiger partial charge in [-0.2, -0.15) is 0 Å². The molecule has 2 amide bonds. The molecule has 1 fully saturated rings. The molecule has 1 aromatic carbocycles. The standard InChI is InChI=1S/C20H24FN3O3/c1-3-10-22-19(25)15-5-4-11-24(12-15)20(26)17-13(2)27-23-18(17)14-6-8-16(21)9-7-14/h6-9,15H,3-5,10-12H2,1-2H3,(H,22,25)/t15-/m0/s1. The lowest BCUT2D eigenvalue weighted by molar-refractivity contribution is -0.126. The van der Waals surface area contributed by atoms with Crippen molar-refractivity contribution in [1.29, 1.82) is 0 Å². The summed E-state index contributed by atoms with van der Waals surface area (Å²) in [7, 11) is 0. The summed E-state index contributed by atoms with van der Waals surface area (Å²) in [6.07, 6.45) is 2.42. The molecule has 7 heteroatoms. The highest BCUT2D eigenvalue weighted by molar-refractivity contribution is 6.01. The van der Waals surface area contributed by atoms with E-state index in [1.807, 2.05) is 6.92 Å². The Balaban J connectivity index is 1.80. The van der Waals surface area contributed by atoms with E-state index in [0.29, 0.717) is 42.2 Å². The van der Waals surface area contributed by atoms with E-state index in [4.69, 9.17) is 4.52 Å². The Kier molecular flexibility index (Phi) is 5.88. The summed E-state index contributed by atoms with van der Waals surface area (Å²) in [5.74, 6) is -0.361. The Hall–Kier alpha value is -2.70. The number of amides is 2. The number of rotatable bonds is 5. The zero-order valence-corrected chi connectivity index (χ0v) is 15.6. The summed E-state index contributed by atoms with van der Waals surface area (Å²) in [5.41, 5.74) is 1.39. The van der Waals surface area contributed by atoms with Crippen molar-refractivity contribution >= 4 is 11.8 Å². The minimum Gasteiger partial charge on any atom is -0.360 e. The van der Waals surface area contributed by atoms with E-state index in [9.17, 15) is 14.0 Å². The van der Waals surface area contributed by atoms with Crippen LogP contribution in [0.5, 0.6) is 0 Å². The van der Waals surface area contributed by atoms with Crippen molar-refractivity contribution in [3.8, 4) is 11.3 Å². The molecular formula is C20H24FN3O3. The van der Waals surface area contributed by atoms with Crippen LogP contribution in [-0.4, -0.2) is 41.5 Å². The lowest BCUT2D eigenvalue weighted by Crippen LogP contribution is -2.45. The van der Waals surface area contributed by atoms with Crippen molar-refractivity contribution in [3.63, 3.8) is 0 Å². The van der Waals surface area contributed by atoms with Crippen molar-refractivity contribution in [2.45, 2.75) is 33.1 Å². The first kappa shape index (κ1) is 19.1. The number of aryl methyl sites for hydroxylation is 1. The molecule has 144 valence electrons. The summed E-state index contributed by atoms with van der Waals surface area (Å²) in [6.45, 7) is 5.29. The molecule has 0 unspecified atom stereocenters. The normalized spacial score (nSPS) is 17.0. The largest absolute Gasteiger partial charge is 0.360 e. The summed E-state index contributed by atoms with van der Waals surface area (Å²) in [5, 5.41) is 6.91. The maximum Gasteiger partial charge on any atom is 0.259 e. The monoisotopic (exact) mass is 373 g/mol. The third-order valence-corrected chi connectivity index (χ3v) is 4.82. The second-order valence-electron chi connectivity index (χ2n) is 6.85. The van der Waals surface area contributed by atoms with Crippen LogP contribution in [0.3, 0.4) is 0 Å². The lowest BCUT2D eigenvalue weighted by atomic mass is 9.95. The third-order valence-electron chi connectivity index (χ3n) is 4.82.